The number of ether oxygens (including phenoxy) is 2. The molecule has 3 aromatic rings. The van der Waals surface area contributed by atoms with Gasteiger partial charge in [0.05, 0.1) is 24.8 Å². The molecule has 1 fully saturated rings. The van der Waals surface area contributed by atoms with Gasteiger partial charge in [-0.3, -0.25) is 0 Å². The molecular formula is C23H27N3O4S2. The van der Waals surface area contributed by atoms with E-state index in [1.807, 2.05) is 42.6 Å². The van der Waals surface area contributed by atoms with Gasteiger partial charge in [-0.1, -0.05) is 17.7 Å². The van der Waals surface area contributed by atoms with Gasteiger partial charge in [-0.25, -0.2) is 13.4 Å². The quantitative estimate of drug-likeness (QED) is 0.522. The van der Waals surface area contributed by atoms with E-state index in [2.05, 4.69) is 4.90 Å². The smallest absolute Gasteiger partial charge is 0.243 e. The van der Waals surface area contributed by atoms with Crippen LogP contribution in [0.2, 0.25) is 0 Å². The highest BCUT2D eigenvalue weighted by Crippen LogP contribution is 2.29. The van der Waals surface area contributed by atoms with E-state index in [4.69, 9.17) is 14.5 Å². The number of rotatable bonds is 7. The molecule has 0 N–H and O–H groups in total. The summed E-state index contributed by atoms with van der Waals surface area (Å²) < 4.78 is 38.2. The minimum absolute atomic E-state index is 0.348. The van der Waals surface area contributed by atoms with Crippen molar-refractivity contribution in [2.24, 2.45) is 0 Å². The molecule has 170 valence electrons. The molecule has 0 bridgehead atoms. The summed E-state index contributed by atoms with van der Waals surface area (Å²) >= 11 is 1.58. The van der Waals surface area contributed by atoms with E-state index in [1.54, 1.807) is 42.0 Å². The van der Waals surface area contributed by atoms with Crippen LogP contribution in [0.3, 0.4) is 0 Å². The lowest BCUT2D eigenvalue weighted by atomic mass is 10.1. The lowest BCUT2D eigenvalue weighted by molar-refractivity contribution is 0.384. The van der Waals surface area contributed by atoms with Crippen molar-refractivity contribution in [2.45, 2.75) is 18.2 Å². The SMILES string of the molecule is COc1ccc(OC)c(Cc2csc(N3CCN(S(=O)(=O)c4ccc(C)cc4)CC3)n2)c1. The maximum Gasteiger partial charge on any atom is 0.243 e. The fourth-order valence-corrected chi connectivity index (χ4v) is 6.02. The lowest BCUT2D eigenvalue weighted by Gasteiger charge is -2.33. The van der Waals surface area contributed by atoms with Crippen molar-refractivity contribution in [2.75, 3.05) is 45.3 Å². The monoisotopic (exact) mass is 473 g/mol. The first-order chi connectivity index (χ1) is 15.4. The molecule has 7 nitrogen and oxygen atoms in total. The first-order valence-corrected chi connectivity index (χ1v) is 12.7. The van der Waals surface area contributed by atoms with E-state index >= 15 is 0 Å². The van der Waals surface area contributed by atoms with Crippen LogP contribution in [-0.4, -0.2) is 58.1 Å². The molecule has 0 unspecified atom stereocenters. The van der Waals surface area contributed by atoms with Crippen molar-refractivity contribution in [1.82, 2.24) is 9.29 Å². The van der Waals surface area contributed by atoms with Crippen molar-refractivity contribution in [3.05, 3.63) is 64.7 Å². The molecule has 0 aliphatic carbocycles. The van der Waals surface area contributed by atoms with Gasteiger partial charge in [-0.05, 0) is 37.3 Å². The van der Waals surface area contributed by atoms with Crippen LogP contribution >= 0.6 is 11.3 Å². The third-order valence-corrected chi connectivity index (χ3v) is 8.43. The summed E-state index contributed by atoms with van der Waals surface area (Å²) in [5.41, 5.74) is 3.00. The molecule has 1 aromatic heterocycles. The predicted octanol–water partition coefficient (Wildman–Crippen LogP) is 3.57. The minimum Gasteiger partial charge on any atom is -0.497 e. The Morgan fingerprint density at radius 1 is 1.00 bits per heavy atom. The van der Waals surface area contributed by atoms with Gasteiger partial charge < -0.3 is 14.4 Å². The van der Waals surface area contributed by atoms with Crippen molar-refractivity contribution in [3.63, 3.8) is 0 Å². The molecular weight excluding hydrogens is 446 g/mol. The Labute approximate surface area is 193 Å². The summed E-state index contributed by atoms with van der Waals surface area (Å²) in [6.45, 7) is 4.05. The number of hydrogen-bond donors (Lipinski definition) is 0. The standard InChI is InChI=1S/C23H27N3O4S2/c1-17-4-7-21(8-5-17)32(27,28)26-12-10-25(11-13-26)23-24-19(16-31-23)14-18-15-20(29-2)6-9-22(18)30-3/h4-9,15-16H,10-14H2,1-3H3. The number of methoxy groups -OCH3 is 2. The number of piperazine rings is 1. The zero-order valence-corrected chi connectivity index (χ0v) is 20.1. The maximum atomic E-state index is 12.9. The van der Waals surface area contributed by atoms with Gasteiger partial charge in [-0.2, -0.15) is 4.31 Å². The van der Waals surface area contributed by atoms with Crippen LogP contribution in [-0.2, 0) is 16.4 Å². The highest BCUT2D eigenvalue weighted by molar-refractivity contribution is 7.89. The molecule has 0 atom stereocenters. The van der Waals surface area contributed by atoms with Gasteiger partial charge in [0.2, 0.25) is 10.0 Å². The van der Waals surface area contributed by atoms with Crippen LogP contribution in [0.5, 0.6) is 11.5 Å². The summed E-state index contributed by atoms with van der Waals surface area (Å²) in [4.78, 5) is 7.29. The summed E-state index contributed by atoms with van der Waals surface area (Å²) in [5.74, 6) is 1.58. The first-order valence-electron chi connectivity index (χ1n) is 10.4. The average Bonchev–Trinajstić information content (AvgIpc) is 3.28. The van der Waals surface area contributed by atoms with Gasteiger partial charge >= 0.3 is 0 Å². The summed E-state index contributed by atoms with van der Waals surface area (Å²) in [5, 5.41) is 2.96. The summed E-state index contributed by atoms with van der Waals surface area (Å²) in [6.07, 6.45) is 0.638. The van der Waals surface area contributed by atoms with Crippen LogP contribution < -0.4 is 14.4 Å². The molecule has 2 heterocycles. The number of aryl methyl sites for hydroxylation is 1. The van der Waals surface area contributed by atoms with Gasteiger partial charge in [0.1, 0.15) is 11.5 Å². The highest BCUT2D eigenvalue weighted by atomic mass is 32.2. The van der Waals surface area contributed by atoms with Crippen molar-refractivity contribution >= 4 is 26.5 Å². The number of aromatic nitrogens is 1. The normalized spacial score (nSPS) is 15.0. The van der Waals surface area contributed by atoms with Crippen LogP contribution in [0.25, 0.3) is 0 Å². The third-order valence-electron chi connectivity index (χ3n) is 5.57. The second-order valence-electron chi connectivity index (χ2n) is 7.68. The minimum atomic E-state index is -3.47. The van der Waals surface area contributed by atoms with Gasteiger partial charge in [-0.15, -0.1) is 11.3 Å². The van der Waals surface area contributed by atoms with Crippen molar-refractivity contribution in [3.8, 4) is 11.5 Å². The zero-order valence-electron chi connectivity index (χ0n) is 18.4. The molecule has 0 amide bonds. The van der Waals surface area contributed by atoms with E-state index in [0.717, 1.165) is 33.5 Å². The second kappa shape index (κ2) is 9.48. The Hall–Kier alpha value is -2.62. The van der Waals surface area contributed by atoms with E-state index in [-0.39, 0.29) is 0 Å². The summed E-state index contributed by atoms with van der Waals surface area (Å²) in [7, 11) is -0.172. The largest absolute Gasteiger partial charge is 0.497 e. The Kier molecular flexibility index (Phi) is 6.68. The Morgan fingerprint density at radius 3 is 2.38 bits per heavy atom. The number of nitrogens with zero attached hydrogens (tertiary/aromatic N) is 3. The molecule has 1 aliphatic heterocycles. The summed E-state index contributed by atoms with van der Waals surface area (Å²) in [6, 6.07) is 12.8. The van der Waals surface area contributed by atoms with Crippen LogP contribution in [0.1, 0.15) is 16.8 Å². The second-order valence-corrected chi connectivity index (χ2v) is 10.5. The molecule has 4 rings (SSSR count). The zero-order chi connectivity index (χ0) is 22.7. The Bertz CT molecular complexity index is 1170. The van der Waals surface area contributed by atoms with Crippen molar-refractivity contribution < 1.29 is 17.9 Å². The number of anilines is 1. The molecule has 1 aliphatic rings. The maximum absolute atomic E-state index is 12.9. The Morgan fingerprint density at radius 2 is 1.72 bits per heavy atom. The number of thiazole rings is 1. The van der Waals surface area contributed by atoms with Gasteiger partial charge in [0.15, 0.2) is 5.13 Å². The van der Waals surface area contributed by atoms with Gasteiger partial charge in [0, 0.05) is 43.5 Å². The van der Waals surface area contributed by atoms with Crippen LogP contribution in [0, 0.1) is 6.92 Å². The average molecular weight is 474 g/mol. The molecule has 9 heteroatoms. The molecule has 0 radical (unpaired) electrons. The molecule has 1 saturated heterocycles. The first kappa shape index (κ1) is 22.6. The third kappa shape index (κ3) is 4.74. The molecule has 0 saturated carbocycles. The van der Waals surface area contributed by atoms with E-state index < -0.39 is 10.0 Å². The van der Waals surface area contributed by atoms with Crippen molar-refractivity contribution in [1.29, 1.82) is 0 Å². The highest BCUT2D eigenvalue weighted by Gasteiger charge is 2.29. The number of benzene rings is 2. The fourth-order valence-electron chi connectivity index (χ4n) is 3.72. The fraction of sp³-hybridized carbons (Fsp3) is 0.348. The molecule has 2 aromatic carbocycles. The Balaban J connectivity index is 1.42. The van der Waals surface area contributed by atoms with E-state index in [1.165, 1.54) is 0 Å². The van der Waals surface area contributed by atoms with Gasteiger partial charge in [0.25, 0.3) is 0 Å². The number of sulfonamides is 1. The molecule has 32 heavy (non-hydrogen) atoms. The topological polar surface area (TPSA) is 72.0 Å². The molecule has 0 spiro atoms. The van der Waals surface area contributed by atoms with Crippen LogP contribution in [0.15, 0.2) is 52.7 Å². The van der Waals surface area contributed by atoms with Crippen LogP contribution in [0.4, 0.5) is 5.13 Å². The number of hydrogen-bond acceptors (Lipinski definition) is 7. The van der Waals surface area contributed by atoms with E-state index in [0.29, 0.717) is 37.5 Å². The predicted molar refractivity (Wildman–Crippen MR) is 127 cm³/mol. The van der Waals surface area contributed by atoms with E-state index in [9.17, 15) is 8.42 Å². The lowest BCUT2D eigenvalue weighted by Crippen LogP contribution is -2.48.